The number of nitrogens with one attached hydrogen (secondary N) is 1. The van der Waals surface area contributed by atoms with Crippen molar-refractivity contribution in [3.8, 4) is 0 Å². The van der Waals surface area contributed by atoms with Crippen LogP contribution in [0.4, 0.5) is 0 Å². The third-order valence-corrected chi connectivity index (χ3v) is 4.45. The van der Waals surface area contributed by atoms with Crippen LogP contribution >= 0.6 is 11.8 Å². The van der Waals surface area contributed by atoms with Gasteiger partial charge in [-0.05, 0) is 17.7 Å². The molecular weight excluding hydrogens is 338 g/mol. The Morgan fingerprint density at radius 2 is 1.56 bits per heavy atom. The molecule has 1 atom stereocenters. The lowest BCUT2D eigenvalue weighted by molar-refractivity contribution is -0.136. The molecule has 2 N–H and O–H groups in total. The molecule has 0 bridgehead atoms. The number of carboxylic acid groups (broad SMARTS) is 1. The van der Waals surface area contributed by atoms with Crippen LogP contribution in [-0.2, 0) is 16.0 Å². The van der Waals surface area contributed by atoms with E-state index in [1.807, 2.05) is 36.4 Å². The van der Waals surface area contributed by atoms with E-state index in [2.05, 4.69) is 5.32 Å². The Hall–Kier alpha value is -2.60. The minimum atomic E-state index is -0.951. The van der Waals surface area contributed by atoms with Crippen LogP contribution in [0.3, 0.4) is 0 Å². The molecule has 0 aliphatic heterocycles. The van der Waals surface area contributed by atoms with Crippen molar-refractivity contribution in [3.05, 3.63) is 71.8 Å². The quantitative estimate of drug-likeness (QED) is 0.759. The van der Waals surface area contributed by atoms with Crippen LogP contribution in [0.5, 0.6) is 0 Å². The molecule has 130 valence electrons. The van der Waals surface area contributed by atoms with Crippen LogP contribution in [0.2, 0.25) is 0 Å². The second-order valence-electron chi connectivity index (χ2n) is 5.39. The molecule has 0 aliphatic rings. The molecule has 6 heteroatoms. The van der Waals surface area contributed by atoms with Gasteiger partial charge in [0, 0.05) is 17.7 Å². The summed E-state index contributed by atoms with van der Waals surface area (Å²) in [5.41, 5.74) is 1.40. The number of carbonyl (C=O) groups is 3. The Kier molecular flexibility index (Phi) is 7.22. The number of thioether (sulfide) groups is 1. The first-order valence-corrected chi connectivity index (χ1v) is 8.83. The molecule has 2 rings (SSSR count). The SMILES string of the molecule is O=C(O)CCSC(=O)C(Cc1ccccc1)NC(=O)c1ccccc1. The van der Waals surface area contributed by atoms with Gasteiger partial charge in [0.15, 0.2) is 0 Å². The zero-order chi connectivity index (χ0) is 18.1. The molecule has 0 saturated carbocycles. The van der Waals surface area contributed by atoms with E-state index in [0.717, 1.165) is 17.3 Å². The monoisotopic (exact) mass is 357 g/mol. The van der Waals surface area contributed by atoms with Crippen LogP contribution in [0.15, 0.2) is 60.7 Å². The minimum Gasteiger partial charge on any atom is -0.481 e. The Bertz CT molecular complexity index is 719. The van der Waals surface area contributed by atoms with Crippen molar-refractivity contribution in [2.24, 2.45) is 0 Å². The third-order valence-electron chi connectivity index (χ3n) is 3.47. The lowest BCUT2D eigenvalue weighted by Crippen LogP contribution is -2.41. The van der Waals surface area contributed by atoms with E-state index in [9.17, 15) is 14.4 Å². The van der Waals surface area contributed by atoms with Crippen molar-refractivity contribution < 1.29 is 19.5 Å². The second-order valence-corrected chi connectivity index (χ2v) is 6.49. The van der Waals surface area contributed by atoms with Gasteiger partial charge < -0.3 is 10.4 Å². The van der Waals surface area contributed by atoms with Gasteiger partial charge in [-0.15, -0.1) is 0 Å². The lowest BCUT2D eigenvalue weighted by atomic mass is 10.1. The van der Waals surface area contributed by atoms with Crippen LogP contribution in [0, 0.1) is 0 Å². The second kappa shape index (κ2) is 9.64. The van der Waals surface area contributed by atoms with E-state index >= 15 is 0 Å². The first-order chi connectivity index (χ1) is 12.1. The van der Waals surface area contributed by atoms with Gasteiger partial charge in [-0.25, -0.2) is 0 Å². The Balaban J connectivity index is 2.06. The fourth-order valence-electron chi connectivity index (χ4n) is 2.21. The van der Waals surface area contributed by atoms with Crippen molar-refractivity contribution in [2.75, 3.05) is 5.75 Å². The van der Waals surface area contributed by atoms with E-state index < -0.39 is 12.0 Å². The summed E-state index contributed by atoms with van der Waals surface area (Å²) in [4.78, 5) is 35.4. The smallest absolute Gasteiger partial charge is 0.304 e. The van der Waals surface area contributed by atoms with Crippen molar-refractivity contribution >= 4 is 28.8 Å². The van der Waals surface area contributed by atoms with Gasteiger partial charge in [-0.1, -0.05) is 60.3 Å². The molecule has 0 aliphatic carbocycles. The van der Waals surface area contributed by atoms with Crippen molar-refractivity contribution in [2.45, 2.75) is 18.9 Å². The maximum Gasteiger partial charge on any atom is 0.304 e. The molecule has 0 heterocycles. The highest BCUT2D eigenvalue weighted by Gasteiger charge is 2.22. The van der Waals surface area contributed by atoms with Gasteiger partial charge in [0.25, 0.3) is 5.91 Å². The number of amides is 1. The maximum absolute atomic E-state index is 12.5. The van der Waals surface area contributed by atoms with Crippen molar-refractivity contribution in [1.82, 2.24) is 5.32 Å². The minimum absolute atomic E-state index is 0.0961. The van der Waals surface area contributed by atoms with Gasteiger partial charge in [0.2, 0.25) is 5.12 Å². The molecule has 1 unspecified atom stereocenters. The zero-order valence-corrected chi connectivity index (χ0v) is 14.4. The molecule has 0 fully saturated rings. The van der Waals surface area contributed by atoms with Gasteiger partial charge in [-0.3, -0.25) is 14.4 Å². The largest absolute Gasteiger partial charge is 0.481 e. The summed E-state index contributed by atoms with van der Waals surface area (Å²) in [6.45, 7) is 0. The first kappa shape index (κ1) is 18.7. The highest BCUT2D eigenvalue weighted by Crippen LogP contribution is 2.13. The van der Waals surface area contributed by atoms with E-state index in [1.54, 1.807) is 24.3 Å². The van der Waals surface area contributed by atoms with Crippen LogP contribution < -0.4 is 5.32 Å². The standard InChI is InChI=1S/C19H19NO4S/c21-17(22)11-12-25-19(24)16(13-14-7-3-1-4-8-14)20-18(23)15-9-5-2-6-10-15/h1-10,16H,11-13H2,(H,20,23)(H,21,22). The molecule has 0 aromatic heterocycles. The normalized spacial score (nSPS) is 11.5. The molecular formula is C19H19NO4S. The van der Waals surface area contributed by atoms with E-state index in [1.165, 1.54) is 0 Å². The van der Waals surface area contributed by atoms with Crippen LogP contribution in [0.25, 0.3) is 0 Å². The summed E-state index contributed by atoms with van der Waals surface area (Å²) in [5.74, 6) is -1.09. The Morgan fingerprint density at radius 3 is 2.16 bits per heavy atom. The summed E-state index contributed by atoms with van der Waals surface area (Å²) in [6.07, 6.45) is 0.263. The number of carboxylic acids is 1. The molecule has 0 saturated heterocycles. The van der Waals surface area contributed by atoms with Crippen LogP contribution in [0.1, 0.15) is 22.3 Å². The number of carbonyl (C=O) groups excluding carboxylic acids is 2. The summed E-state index contributed by atoms with van der Waals surface area (Å²) >= 11 is 0.935. The average molecular weight is 357 g/mol. The van der Waals surface area contributed by atoms with E-state index in [-0.39, 0.29) is 23.2 Å². The number of benzene rings is 2. The topological polar surface area (TPSA) is 83.5 Å². The van der Waals surface area contributed by atoms with Crippen LogP contribution in [-0.4, -0.2) is 33.9 Å². The summed E-state index contributed by atoms with van der Waals surface area (Å²) in [5, 5.41) is 11.2. The predicted octanol–water partition coefficient (Wildman–Crippen LogP) is 2.76. The fourth-order valence-corrected chi connectivity index (χ4v) is 3.04. The third kappa shape index (κ3) is 6.43. The van der Waals surface area contributed by atoms with E-state index in [4.69, 9.17) is 5.11 Å². The molecule has 5 nitrogen and oxygen atoms in total. The number of hydrogen-bond donors (Lipinski definition) is 2. The highest BCUT2D eigenvalue weighted by atomic mass is 32.2. The Morgan fingerprint density at radius 1 is 0.960 bits per heavy atom. The summed E-state index contributed by atoms with van der Waals surface area (Å²) in [6, 6.07) is 17.3. The molecule has 1 amide bonds. The lowest BCUT2D eigenvalue weighted by Gasteiger charge is -2.17. The fraction of sp³-hybridized carbons (Fsp3) is 0.211. The number of aliphatic carboxylic acids is 1. The molecule has 25 heavy (non-hydrogen) atoms. The van der Waals surface area contributed by atoms with Gasteiger partial charge in [-0.2, -0.15) is 0 Å². The van der Waals surface area contributed by atoms with Gasteiger partial charge >= 0.3 is 5.97 Å². The van der Waals surface area contributed by atoms with Crippen molar-refractivity contribution in [3.63, 3.8) is 0 Å². The summed E-state index contributed by atoms with van der Waals surface area (Å²) < 4.78 is 0. The number of rotatable bonds is 8. The predicted molar refractivity (Wildman–Crippen MR) is 97.6 cm³/mol. The molecule has 0 spiro atoms. The average Bonchev–Trinajstić information content (AvgIpc) is 2.62. The zero-order valence-electron chi connectivity index (χ0n) is 13.6. The van der Waals surface area contributed by atoms with E-state index in [0.29, 0.717) is 12.0 Å². The Labute approximate surface area is 150 Å². The summed E-state index contributed by atoms with van der Waals surface area (Å²) in [7, 11) is 0. The van der Waals surface area contributed by atoms with Gasteiger partial charge in [0.05, 0.1) is 6.42 Å². The molecule has 2 aromatic carbocycles. The maximum atomic E-state index is 12.5. The van der Waals surface area contributed by atoms with Gasteiger partial charge in [0.1, 0.15) is 6.04 Å². The number of hydrogen-bond acceptors (Lipinski definition) is 4. The highest BCUT2D eigenvalue weighted by molar-refractivity contribution is 8.13. The molecule has 2 aromatic rings. The van der Waals surface area contributed by atoms with Crippen molar-refractivity contribution in [1.29, 1.82) is 0 Å². The first-order valence-electron chi connectivity index (χ1n) is 7.84. The molecule has 0 radical (unpaired) electrons.